The third-order valence-electron chi connectivity index (χ3n) is 3.26. The van der Waals surface area contributed by atoms with Crippen molar-refractivity contribution < 1.29 is 9.53 Å². The van der Waals surface area contributed by atoms with Crippen LogP contribution in [-0.2, 0) is 4.74 Å². The van der Waals surface area contributed by atoms with Crippen molar-refractivity contribution in [3.8, 4) is 0 Å². The van der Waals surface area contributed by atoms with E-state index in [0.717, 1.165) is 25.4 Å². The molecule has 1 aliphatic heterocycles. The summed E-state index contributed by atoms with van der Waals surface area (Å²) in [5, 5.41) is 0. The summed E-state index contributed by atoms with van der Waals surface area (Å²) in [5.74, 6) is 1.35. The van der Waals surface area contributed by atoms with Crippen LogP contribution in [0.4, 0.5) is 4.79 Å². The summed E-state index contributed by atoms with van der Waals surface area (Å²) in [5.41, 5.74) is -0.387. The molecule has 1 saturated heterocycles. The Labute approximate surface area is 99.1 Å². The van der Waals surface area contributed by atoms with Crippen LogP contribution >= 0.6 is 0 Å². The molecule has 2 atom stereocenters. The highest BCUT2D eigenvalue weighted by Gasteiger charge is 2.30. The van der Waals surface area contributed by atoms with Gasteiger partial charge in [-0.25, -0.2) is 4.79 Å². The zero-order chi connectivity index (χ0) is 12.3. The first-order chi connectivity index (χ1) is 7.33. The average molecular weight is 227 g/mol. The standard InChI is InChI=1S/C13H25NO2/c1-6-11-7-8-14(9-10(11)2)12(15)16-13(3,4)5/h10-11H,6-9H2,1-5H3. The number of ether oxygens (including phenoxy) is 1. The van der Waals surface area contributed by atoms with Crippen LogP contribution in [0.2, 0.25) is 0 Å². The van der Waals surface area contributed by atoms with Gasteiger partial charge in [0.25, 0.3) is 0 Å². The third-order valence-corrected chi connectivity index (χ3v) is 3.26. The number of carbonyl (C=O) groups is 1. The maximum atomic E-state index is 11.9. The smallest absolute Gasteiger partial charge is 0.410 e. The molecule has 0 bridgehead atoms. The maximum absolute atomic E-state index is 11.9. The summed E-state index contributed by atoms with van der Waals surface area (Å²) in [6, 6.07) is 0. The van der Waals surface area contributed by atoms with Crippen molar-refractivity contribution in [2.24, 2.45) is 11.8 Å². The van der Waals surface area contributed by atoms with Crippen molar-refractivity contribution >= 4 is 6.09 Å². The summed E-state index contributed by atoms with van der Waals surface area (Å²) in [6.07, 6.45) is 2.16. The molecule has 0 aromatic rings. The Bertz CT molecular complexity index is 245. The van der Waals surface area contributed by atoms with Crippen molar-refractivity contribution in [3.63, 3.8) is 0 Å². The monoisotopic (exact) mass is 227 g/mol. The lowest BCUT2D eigenvalue weighted by Gasteiger charge is -2.37. The van der Waals surface area contributed by atoms with Gasteiger partial charge in [0.15, 0.2) is 0 Å². The van der Waals surface area contributed by atoms with Gasteiger partial charge in [0, 0.05) is 13.1 Å². The van der Waals surface area contributed by atoms with Crippen molar-refractivity contribution in [2.75, 3.05) is 13.1 Å². The molecule has 16 heavy (non-hydrogen) atoms. The molecule has 3 heteroatoms. The minimum atomic E-state index is -0.387. The largest absolute Gasteiger partial charge is 0.444 e. The summed E-state index contributed by atoms with van der Waals surface area (Å²) in [6.45, 7) is 11.9. The molecule has 1 heterocycles. The Hall–Kier alpha value is -0.730. The molecule has 2 unspecified atom stereocenters. The first-order valence-electron chi connectivity index (χ1n) is 6.31. The van der Waals surface area contributed by atoms with Crippen LogP contribution < -0.4 is 0 Å². The number of rotatable bonds is 1. The fourth-order valence-corrected chi connectivity index (χ4v) is 2.29. The molecule has 1 amide bonds. The van der Waals surface area contributed by atoms with Crippen LogP contribution in [0.25, 0.3) is 0 Å². The summed E-state index contributed by atoms with van der Waals surface area (Å²) in [7, 11) is 0. The van der Waals surface area contributed by atoms with E-state index in [2.05, 4.69) is 13.8 Å². The first kappa shape index (κ1) is 13.3. The normalized spacial score (nSPS) is 26.7. The molecule has 94 valence electrons. The summed E-state index contributed by atoms with van der Waals surface area (Å²) in [4.78, 5) is 13.7. The van der Waals surface area contributed by atoms with E-state index < -0.39 is 0 Å². The van der Waals surface area contributed by atoms with E-state index in [1.54, 1.807) is 0 Å². The van der Waals surface area contributed by atoms with E-state index >= 15 is 0 Å². The van der Waals surface area contributed by atoms with Gasteiger partial charge in [-0.2, -0.15) is 0 Å². The lowest BCUT2D eigenvalue weighted by molar-refractivity contribution is 0.0114. The molecule has 0 saturated carbocycles. The predicted molar refractivity (Wildman–Crippen MR) is 65.4 cm³/mol. The molecule has 1 rings (SSSR count). The number of nitrogens with zero attached hydrogens (tertiary/aromatic N) is 1. The molecule has 0 aliphatic carbocycles. The predicted octanol–water partition coefficient (Wildman–Crippen LogP) is 3.29. The number of likely N-dealkylation sites (tertiary alicyclic amines) is 1. The highest BCUT2D eigenvalue weighted by atomic mass is 16.6. The molecule has 0 radical (unpaired) electrons. The molecular weight excluding hydrogens is 202 g/mol. The second-order valence-corrected chi connectivity index (χ2v) is 5.86. The van der Waals surface area contributed by atoms with Crippen LogP contribution in [-0.4, -0.2) is 29.7 Å². The van der Waals surface area contributed by atoms with Gasteiger partial charge < -0.3 is 9.64 Å². The SMILES string of the molecule is CCC1CCN(C(=O)OC(C)(C)C)CC1C. The number of hydrogen-bond acceptors (Lipinski definition) is 2. The van der Waals surface area contributed by atoms with Crippen LogP contribution in [0.3, 0.4) is 0 Å². The van der Waals surface area contributed by atoms with E-state index in [4.69, 9.17) is 4.74 Å². The van der Waals surface area contributed by atoms with Crippen LogP contribution in [0.5, 0.6) is 0 Å². The lowest BCUT2D eigenvalue weighted by atomic mass is 9.85. The Balaban J connectivity index is 2.48. The van der Waals surface area contributed by atoms with Crippen molar-refractivity contribution in [2.45, 2.75) is 53.1 Å². The van der Waals surface area contributed by atoms with Gasteiger partial charge in [-0.3, -0.25) is 0 Å². The van der Waals surface area contributed by atoms with Gasteiger partial charge in [-0.1, -0.05) is 20.3 Å². The van der Waals surface area contributed by atoms with Crippen LogP contribution in [0.1, 0.15) is 47.5 Å². The highest BCUT2D eigenvalue weighted by molar-refractivity contribution is 5.68. The van der Waals surface area contributed by atoms with E-state index in [1.165, 1.54) is 6.42 Å². The van der Waals surface area contributed by atoms with E-state index in [1.807, 2.05) is 25.7 Å². The van der Waals surface area contributed by atoms with Gasteiger partial charge in [-0.05, 0) is 39.0 Å². The summed E-state index contributed by atoms with van der Waals surface area (Å²) < 4.78 is 5.38. The zero-order valence-corrected chi connectivity index (χ0v) is 11.2. The molecule has 0 N–H and O–H groups in total. The maximum Gasteiger partial charge on any atom is 0.410 e. The number of carbonyl (C=O) groups excluding carboxylic acids is 1. The van der Waals surface area contributed by atoms with Crippen molar-refractivity contribution in [3.05, 3.63) is 0 Å². The first-order valence-corrected chi connectivity index (χ1v) is 6.31. The molecule has 1 fully saturated rings. The molecule has 0 spiro atoms. The Morgan fingerprint density at radius 3 is 2.50 bits per heavy atom. The van der Waals surface area contributed by atoms with E-state index in [-0.39, 0.29) is 11.7 Å². The third kappa shape index (κ3) is 3.69. The topological polar surface area (TPSA) is 29.5 Å². The Kier molecular flexibility index (Phi) is 4.22. The van der Waals surface area contributed by atoms with Crippen LogP contribution in [0, 0.1) is 11.8 Å². The average Bonchev–Trinajstić information content (AvgIpc) is 2.15. The quantitative estimate of drug-likeness (QED) is 0.688. The molecule has 1 aliphatic rings. The van der Waals surface area contributed by atoms with Gasteiger partial charge >= 0.3 is 6.09 Å². The fraction of sp³-hybridized carbons (Fsp3) is 0.923. The second-order valence-electron chi connectivity index (χ2n) is 5.86. The van der Waals surface area contributed by atoms with Gasteiger partial charge in [0.1, 0.15) is 5.60 Å². The Morgan fingerprint density at radius 1 is 1.44 bits per heavy atom. The fourth-order valence-electron chi connectivity index (χ4n) is 2.29. The van der Waals surface area contributed by atoms with Gasteiger partial charge in [0.2, 0.25) is 0 Å². The van der Waals surface area contributed by atoms with Gasteiger partial charge in [-0.15, -0.1) is 0 Å². The highest BCUT2D eigenvalue weighted by Crippen LogP contribution is 2.26. The van der Waals surface area contributed by atoms with Crippen molar-refractivity contribution in [1.29, 1.82) is 0 Å². The second kappa shape index (κ2) is 5.07. The summed E-state index contributed by atoms with van der Waals surface area (Å²) >= 11 is 0. The van der Waals surface area contributed by atoms with E-state index in [0.29, 0.717) is 5.92 Å². The minimum Gasteiger partial charge on any atom is -0.444 e. The molecular formula is C13H25NO2. The molecule has 0 aromatic heterocycles. The number of piperidine rings is 1. The van der Waals surface area contributed by atoms with E-state index in [9.17, 15) is 4.79 Å². The minimum absolute atomic E-state index is 0.158. The zero-order valence-electron chi connectivity index (χ0n) is 11.2. The van der Waals surface area contributed by atoms with Crippen molar-refractivity contribution in [1.82, 2.24) is 4.90 Å². The molecule has 0 aromatic carbocycles. The number of amides is 1. The molecule has 3 nitrogen and oxygen atoms in total. The van der Waals surface area contributed by atoms with Gasteiger partial charge in [0.05, 0.1) is 0 Å². The lowest BCUT2D eigenvalue weighted by Crippen LogP contribution is -2.45. The van der Waals surface area contributed by atoms with Crippen LogP contribution in [0.15, 0.2) is 0 Å². The Morgan fingerprint density at radius 2 is 2.06 bits per heavy atom. The number of hydrogen-bond donors (Lipinski definition) is 0.